The molecule has 0 bridgehead atoms. The van der Waals surface area contributed by atoms with E-state index in [9.17, 15) is 22.0 Å². The van der Waals surface area contributed by atoms with Gasteiger partial charge in [0.15, 0.2) is 0 Å². The van der Waals surface area contributed by atoms with Gasteiger partial charge in [-0.1, -0.05) is 19.8 Å². The number of carbonyl (C=O) groups is 1. The molecular formula is C28H42F2N8O4S. The number of methoxy groups -OCH3 is 1. The van der Waals surface area contributed by atoms with Crippen molar-refractivity contribution in [3.05, 3.63) is 35.5 Å². The zero-order chi connectivity index (χ0) is 31.4. The molecule has 1 aromatic carbocycles. The van der Waals surface area contributed by atoms with Crippen LogP contribution in [0.3, 0.4) is 0 Å². The minimum absolute atomic E-state index is 0.0138. The molecule has 4 rings (SSSR count). The summed E-state index contributed by atoms with van der Waals surface area (Å²) in [7, 11) is -0.0167. The van der Waals surface area contributed by atoms with E-state index < -0.39 is 33.7 Å². The number of amides is 1. The van der Waals surface area contributed by atoms with Gasteiger partial charge in [-0.2, -0.15) is 18.1 Å². The van der Waals surface area contributed by atoms with Crippen LogP contribution in [0.4, 0.5) is 26.2 Å². The topological polar surface area (TPSA) is 155 Å². The highest BCUT2D eigenvalue weighted by atomic mass is 32.2. The monoisotopic (exact) mass is 624 g/mol. The van der Waals surface area contributed by atoms with Crippen LogP contribution in [0.25, 0.3) is 0 Å². The fourth-order valence-corrected chi connectivity index (χ4v) is 7.00. The summed E-state index contributed by atoms with van der Waals surface area (Å²) >= 11 is 0. The Bertz CT molecular complexity index is 1380. The standard InChI is InChI=1S/C28H42F2N8O4S/c1-5-38(43(4,40)41)23-9-7-6-8-21(23)34-25-20(28(29,30)31)17-32-27(36-25)35-22-11-10-18(16-24(22)42-3)26(39)33-19-12-14-37(2)15-13-19/h10-11,16-17,19,21,23H,5-9,12-15,31H2,1-4H3,(H,33,39)(H2,32,34,35,36)/t21-,23-/m1/s1. The quantitative estimate of drug-likeness (QED) is 0.274. The Labute approximate surface area is 251 Å². The summed E-state index contributed by atoms with van der Waals surface area (Å²) < 4.78 is 60.7. The molecule has 2 aromatic rings. The van der Waals surface area contributed by atoms with Gasteiger partial charge < -0.3 is 25.6 Å². The van der Waals surface area contributed by atoms with Gasteiger partial charge in [0.2, 0.25) is 16.0 Å². The molecule has 1 aliphatic heterocycles. The molecule has 2 aliphatic rings. The summed E-state index contributed by atoms with van der Waals surface area (Å²) in [6.07, 6.45) is 6.59. The van der Waals surface area contributed by atoms with Crippen molar-refractivity contribution in [1.82, 2.24) is 24.5 Å². The van der Waals surface area contributed by atoms with E-state index in [0.29, 0.717) is 29.8 Å². The Kier molecular flexibility index (Phi) is 10.4. The Morgan fingerprint density at radius 2 is 1.91 bits per heavy atom. The zero-order valence-electron chi connectivity index (χ0n) is 25.1. The van der Waals surface area contributed by atoms with Crippen LogP contribution in [0.15, 0.2) is 24.4 Å². The summed E-state index contributed by atoms with van der Waals surface area (Å²) in [6.45, 7) is 3.83. The molecular weight excluding hydrogens is 582 g/mol. The van der Waals surface area contributed by atoms with E-state index in [1.165, 1.54) is 11.4 Å². The highest BCUT2D eigenvalue weighted by molar-refractivity contribution is 7.88. The number of rotatable bonds is 11. The molecule has 0 unspecified atom stereocenters. The molecule has 1 saturated heterocycles. The summed E-state index contributed by atoms with van der Waals surface area (Å²) in [5.41, 5.74) is 5.40. The molecule has 2 atom stereocenters. The van der Waals surface area contributed by atoms with E-state index in [2.05, 4.69) is 37.9 Å². The number of hydrogen-bond donors (Lipinski definition) is 4. The highest BCUT2D eigenvalue weighted by Gasteiger charge is 2.37. The SMILES string of the molecule is CCN([C@@H]1CCCC[C@H]1Nc1nc(Nc2ccc(C(=O)NC3CCN(C)CC3)cc2OC)ncc1C(N)(F)F)S(C)(=O)=O. The molecule has 0 spiro atoms. The maximum absolute atomic E-state index is 14.4. The number of nitrogens with two attached hydrogens (primary N) is 1. The molecule has 1 aromatic heterocycles. The van der Waals surface area contributed by atoms with Crippen molar-refractivity contribution in [2.45, 2.75) is 69.6 Å². The van der Waals surface area contributed by atoms with Gasteiger partial charge in [0.05, 0.1) is 24.6 Å². The number of likely N-dealkylation sites (N-methyl/N-ethyl adjacent to an activating group) is 1. The van der Waals surface area contributed by atoms with Crippen molar-refractivity contribution in [3.63, 3.8) is 0 Å². The molecule has 2 fully saturated rings. The van der Waals surface area contributed by atoms with Crippen LogP contribution in [-0.2, 0) is 16.1 Å². The predicted molar refractivity (Wildman–Crippen MR) is 161 cm³/mol. The molecule has 15 heteroatoms. The van der Waals surface area contributed by atoms with Gasteiger partial charge >= 0.3 is 6.05 Å². The molecule has 12 nitrogen and oxygen atoms in total. The van der Waals surface area contributed by atoms with Crippen LogP contribution in [-0.4, -0.2) is 91.7 Å². The lowest BCUT2D eigenvalue weighted by atomic mass is 9.90. The minimum atomic E-state index is -3.74. The first-order chi connectivity index (χ1) is 20.3. The zero-order valence-corrected chi connectivity index (χ0v) is 25.9. The number of anilines is 3. The normalized spacial score (nSPS) is 20.6. The van der Waals surface area contributed by atoms with Crippen LogP contribution in [0.1, 0.15) is 61.4 Å². The van der Waals surface area contributed by atoms with Crippen molar-refractivity contribution in [3.8, 4) is 5.75 Å². The van der Waals surface area contributed by atoms with Crippen LogP contribution in [0.2, 0.25) is 0 Å². The second kappa shape index (κ2) is 13.7. The smallest absolute Gasteiger partial charge is 0.332 e. The van der Waals surface area contributed by atoms with E-state index in [1.807, 2.05) is 0 Å². The summed E-state index contributed by atoms with van der Waals surface area (Å²) in [5.74, 6) is -0.0879. The van der Waals surface area contributed by atoms with Crippen molar-refractivity contribution in [2.75, 3.05) is 50.7 Å². The van der Waals surface area contributed by atoms with Gasteiger partial charge in [-0.3, -0.25) is 10.5 Å². The van der Waals surface area contributed by atoms with Crippen molar-refractivity contribution >= 4 is 33.4 Å². The lowest BCUT2D eigenvalue weighted by Crippen LogP contribution is -2.51. The number of likely N-dealkylation sites (tertiary alicyclic amines) is 1. The van der Waals surface area contributed by atoms with Gasteiger partial charge in [0, 0.05) is 36.4 Å². The van der Waals surface area contributed by atoms with Crippen LogP contribution < -0.4 is 26.4 Å². The van der Waals surface area contributed by atoms with Gasteiger partial charge in [-0.05, 0) is 64.0 Å². The van der Waals surface area contributed by atoms with E-state index in [4.69, 9.17) is 10.5 Å². The number of hydrogen-bond acceptors (Lipinski definition) is 10. The van der Waals surface area contributed by atoms with Gasteiger partial charge in [0.1, 0.15) is 11.6 Å². The number of nitrogens with zero attached hydrogens (tertiary/aromatic N) is 4. The van der Waals surface area contributed by atoms with E-state index in [0.717, 1.165) is 51.2 Å². The lowest BCUT2D eigenvalue weighted by molar-refractivity contribution is 0.00302. The van der Waals surface area contributed by atoms with Crippen molar-refractivity contribution < 1.29 is 26.7 Å². The third-order valence-electron chi connectivity index (χ3n) is 8.07. The molecule has 2 heterocycles. The van der Waals surface area contributed by atoms with Crippen LogP contribution >= 0.6 is 0 Å². The number of aromatic nitrogens is 2. The second-order valence-corrected chi connectivity index (χ2v) is 13.2. The molecule has 1 saturated carbocycles. The largest absolute Gasteiger partial charge is 0.495 e. The third kappa shape index (κ3) is 8.28. The van der Waals surface area contributed by atoms with Gasteiger partial charge in [0.25, 0.3) is 5.91 Å². The summed E-state index contributed by atoms with van der Waals surface area (Å²) in [4.78, 5) is 23.5. The number of ether oxygens (including phenoxy) is 1. The first-order valence-corrected chi connectivity index (χ1v) is 16.4. The Balaban J connectivity index is 1.57. The average molecular weight is 625 g/mol. The molecule has 1 amide bonds. The first-order valence-electron chi connectivity index (χ1n) is 14.5. The fourth-order valence-electron chi connectivity index (χ4n) is 5.79. The van der Waals surface area contributed by atoms with Crippen LogP contribution in [0.5, 0.6) is 5.75 Å². The van der Waals surface area contributed by atoms with Gasteiger partial charge in [-0.15, -0.1) is 0 Å². The van der Waals surface area contributed by atoms with E-state index in [-0.39, 0.29) is 30.3 Å². The third-order valence-corrected chi connectivity index (χ3v) is 9.45. The maximum atomic E-state index is 14.4. The second-order valence-electron chi connectivity index (χ2n) is 11.2. The highest BCUT2D eigenvalue weighted by Crippen LogP contribution is 2.34. The number of alkyl halides is 2. The maximum Gasteiger partial charge on any atom is 0.332 e. The van der Waals surface area contributed by atoms with Gasteiger partial charge in [-0.25, -0.2) is 13.4 Å². The number of halogens is 2. The molecule has 5 N–H and O–H groups in total. The lowest BCUT2D eigenvalue weighted by Gasteiger charge is -2.39. The Morgan fingerprint density at radius 1 is 1.21 bits per heavy atom. The molecule has 43 heavy (non-hydrogen) atoms. The Hall–Kier alpha value is -3.14. The van der Waals surface area contributed by atoms with E-state index in [1.54, 1.807) is 25.1 Å². The number of benzene rings is 1. The summed E-state index contributed by atoms with van der Waals surface area (Å²) in [5, 5.41) is 9.12. The fraction of sp³-hybridized carbons (Fsp3) is 0.607. The van der Waals surface area contributed by atoms with Crippen molar-refractivity contribution in [2.24, 2.45) is 5.73 Å². The number of carbonyl (C=O) groups excluding carboxylic acids is 1. The number of piperidine rings is 1. The molecule has 238 valence electrons. The van der Waals surface area contributed by atoms with E-state index >= 15 is 0 Å². The van der Waals surface area contributed by atoms with Crippen molar-refractivity contribution in [1.29, 1.82) is 0 Å². The first kappa shape index (κ1) is 32.8. The number of sulfonamides is 1. The molecule has 1 aliphatic carbocycles. The van der Waals surface area contributed by atoms with Crippen LogP contribution in [0, 0.1) is 0 Å². The minimum Gasteiger partial charge on any atom is -0.495 e. The summed E-state index contributed by atoms with van der Waals surface area (Å²) in [6, 6.07) is 0.298. The Morgan fingerprint density at radius 3 is 2.53 bits per heavy atom. The molecule has 0 radical (unpaired) electrons. The number of nitrogens with one attached hydrogen (secondary N) is 3. The predicted octanol–water partition coefficient (Wildman–Crippen LogP) is 3.07. The average Bonchev–Trinajstić information content (AvgIpc) is 2.94.